The Morgan fingerprint density at radius 1 is 1.35 bits per heavy atom. The van der Waals surface area contributed by atoms with Crippen LogP contribution in [0.25, 0.3) is 0 Å². The van der Waals surface area contributed by atoms with Gasteiger partial charge in [0.2, 0.25) is 0 Å². The number of halogens is 1. The van der Waals surface area contributed by atoms with Crippen molar-refractivity contribution >= 4 is 37.9 Å². The SMILES string of the molecule is COc1ccc(C=[As]N=C(N)N)c(Cl)c1OC. The van der Waals surface area contributed by atoms with Gasteiger partial charge in [0, 0.05) is 0 Å². The van der Waals surface area contributed by atoms with E-state index in [-0.39, 0.29) is 5.96 Å². The molecule has 4 N–H and O–H groups in total. The summed E-state index contributed by atoms with van der Waals surface area (Å²) in [6.45, 7) is 0. The molecular formula is C10H13AsClN3O2. The maximum absolute atomic E-state index is 6.18. The molecule has 0 fully saturated rings. The van der Waals surface area contributed by atoms with Gasteiger partial charge in [-0.15, -0.1) is 0 Å². The molecular weight excluding hydrogens is 305 g/mol. The number of hydrogen-bond acceptors (Lipinski definition) is 3. The van der Waals surface area contributed by atoms with E-state index in [2.05, 4.69) is 3.91 Å². The van der Waals surface area contributed by atoms with Gasteiger partial charge in [0.15, 0.2) is 0 Å². The zero-order valence-electron chi connectivity index (χ0n) is 9.48. The van der Waals surface area contributed by atoms with Gasteiger partial charge in [-0.3, -0.25) is 0 Å². The van der Waals surface area contributed by atoms with Crippen molar-refractivity contribution in [1.82, 2.24) is 0 Å². The van der Waals surface area contributed by atoms with Gasteiger partial charge in [0.1, 0.15) is 0 Å². The molecule has 1 aromatic carbocycles. The number of rotatable bonds is 4. The molecule has 0 aromatic heterocycles. The fraction of sp³-hybridized carbons (Fsp3) is 0.200. The van der Waals surface area contributed by atoms with Crippen molar-refractivity contribution in [3.63, 3.8) is 0 Å². The number of hydrogen-bond donors (Lipinski definition) is 2. The van der Waals surface area contributed by atoms with Gasteiger partial charge < -0.3 is 0 Å². The average molecular weight is 318 g/mol. The van der Waals surface area contributed by atoms with Crippen molar-refractivity contribution in [2.45, 2.75) is 0 Å². The first-order chi connectivity index (χ1) is 8.10. The molecule has 0 atom stereocenters. The van der Waals surface area contributed by atoms with Gasteiger partial charge in [-0.1, -0.05) is 0 Å². The second-order valence-corrected chi connectivity index (χ2v) is 4.80. The van der Waals surface area contributed by atoms with Crippen LogP contribution in [0.2, 0.25) is 5.02 Å². The number of nitrogens with zero attached hydrogens (tertiary/aromatic N) is 1. The monoisotopic (exact) mass is 317 g/mol. The predicted octanol–water partition coefficient (Wildman–Crippen LogP) is 0.400. The molecule has 17 heavy (non-hydrogen) atoms. The third-order valence-corrected chi connectivity index (χ3v) is 3.83. The van der Waals surface area contributed by atoms with Crippen LogP contribution in [0.15, 0.2) is 16.0 Å². The summed E-state index contributed by atoms with van der Waals surface area (Å²) in [4.78, 5) is 1.89. The molecule has 92 valence electrons. The van der Waals surface area contributed by atoms with Crippen molar-refractivity contribution in [2.24, 2.45) is 15.4 Å². The second kappa shape index (κ2) is 6.52. The topological polar surface area (TPSA) is 82.9 Å². The predicted molar refractivity (Wildman–Crippen MR) is 71.3 cm³/mol. The van der Waals surface area contributed by atoms with Crippen LogP contribution < -0.4 is 20.9 Å². The van der Waals surface area contributed by atoms with E-state index >= 15 is 0 Å². The van der Waals surface area contributed by atoms with Crippen LogP contribution in [0.5, 0.6) is 11.5 Å². The molecule has 0 aliphatic carbocycles. The Hall–Kier alpha value is -1.19. The molecule has 0 heterocycles. The van der Waals surface area contributed by atoms with Crippen LogP contribution >= 0.6 is 11.6 Å². The molecule has 0 aliphatic rings. The van der Waals surface area contributed by atoms with Crippen molar-refractivity contribution in [3.05, 3.63) is 22.7 Å². The Morgan fingerprint density at radius 3 is 2.59 bits per heavy atom. The molecule has 1 aromatic rings. The quantitative estimate of drug-likeness (QED) is 0.478. The summed E-state index contributed by atoms with van der Waals surface area (Å²) >= 11 is 5.71. The van der Waals surface area contributed by atoms with E-state index in [1.807, 2.05) is 10.9 Å². The van der Waals surface area contributed by atoms with E-state index < -0.39 is 15.5 Å². The average Bonchev–Trinajstić information content (AvgIpc) is 2.30. The van der Waals surface area contributed by atoms with Crippen LogP contribution in [0.3, 0.4) is 0 Å². The minimum absolute atomic E-state index is 0.0813. The maximum atomic E-state index is 6.18. The van der Waals surface area contributed by atoms with Gasteiger partial charge in [-0.25, -0.2) is 0 Å². The van der Waals surface area contributed by atoms with E-state index in [1.165, 1.54) is 7.11 Å². The molecule has 1 rings (SSSR count). The number of benzene rings is 1. The number of guanidine groups is 1. The van der Waals surface area contributed by atoms with Gasteiger partial charge in [-0.2, -0.15) is 0 Å². The summed E-state index contributed by atoms with van der Waals surface area (Å²) in [6.07, 6.45) is 0. The first kappa shape index (κ1) is 13.9. The number of nitrogens with two attached hydrogens (primary N) is 2. The molecule has 0 saturated heterocycles. The van der Waals surface area contributed by atoms with Gasteiger partial charge in [0.25, 0.3) is 0 Å². The Kier molecular flexibility index (Phi) is 5.32. The summed E-state index contributed by atoms with van der Waals surface area (Å²) in [6, 6.07) is 3.62. The van der Waals surface area contributed by atoms with Crippen LogP contribution in [-0.4, -0.2) is 40.5 Å². The molecule has 0 saturated carbocycles. The van der Waals surface area contributed by atoms with Crippen molar-refractivity contribution in [1.29, 1.82) is 0 Å². The molecule has 0 spiro atoms. The molecule has 0 unspecified atom stereocenters. The van der Waals surface area contributed by atoms with Crippen molar-refractivity contribution < 1.29 is 9.47 Å². The summed E-state index contributed by atoms with van der Waals surface area (Å²) in [5.74, 6) is 1.18. The van der Waals surface area contributed by atoms with Gasteiger partial charge >= 0.3 is 111 Å². The Morgan fingerprint density at radius 2 is 2.06 bits per heavy atom. The number of methoxy groups -OCH3 is 2. The summed E-state index contributed by atoms with van der Waals surface area (Å²) in [5.41, 5.74) is 11.3. The van der Waals surface area contributed by atoms with Gasteiger partial charge in [-0.05, 0) is 0 Å². The van der Waals surface area contributed by atoms with E-state index in [9.17, 15) is 0 Å². The number of ether oxygens (including phenoxy) is 2. The molecule has 7 heteroatoms. The standard InChI is InChI=1S/C10H13AsClN3O2/c1-16-7-4-3-6(5-11-15-10(13)14)8(12)9(7)17-2/h3-5H,1-2H3,(H4,13,14,15). The molecule has 0 bridgehead atoms. The first-order valence-corrected chi connectivity index (χ1v) is 6.92. The summed E-state index contributed by atoms with van der Waals surface area (Å²) < 4.78 is 14.3. The fourth-order valence-corrected chi connectivity index (χ4v) is 2.73. The summed E-state index contributed by atoms with van der Waals surface area (Å²) in [5, 5.41) is 0.493. The Bertz CT molecular complexity index is 459. The zero-order valence-corrected chi connectivity index (χ0v) is 12.1. The van der Waals surface area contributed by atoms with Crippen LogP contribution in [0, 0.1) is 0 Å². The third kappa shape index (κ3) is 3.65. The first-order valence-electron chi connectivity index (χ1n) is 4.62. The van der Waals surface area contributed by atoms with E-state index in [0.717, 1.165) is 5.56 Å². The van der Waals surface area contributed by atoms with E-state index in [0.29, 0.717) is 16.5 Å². The van der Waals surface area contributed by atoms with Crippen LogP contribution in [0.4, 0.5) is 0 Å². The minimum atomic E-state index is -0.468. The molecule has 0 radical (unpaired) electrons. The molecule has 0 aliphatic heterocycles. The van der Waals surface area contributed by atoms with Crippen LogP contribution in [0.1, 0.15) is 5.56 Å². The van der Waals surface area contributed by atoms with E-state index in [4.69, 9.17) is 32.5 Å². The second-order valence-electron chi connectivity index (χ2n) is 2.97. The summed E-state index contributed by atoms with van der Waals surface area (Å²) in [7, 11) is 3.10. The Labute approximate surface area is 111 Å². The van der Waals surface area contributed by atoms with Gasteiger partial charge in [0.05, 0.1) is 0 Å². The van der Waals surface area contributed by atoms with Crippen LogP contribution in [-0.2, 0) is 0 Å². The van der Waals surface area contributed by atoms with Crippen molar-refractivity contribution in [3.8, 4) is 11.5 Å². The molecule has 0 amide bonds. The third-order valence-electron chi connectivity index (χ3n) is 1.88. The van der Waals surface area contributed by atoms with Crippen molar-refractivity contribution in [2.75, 3.05) is 14.2 Å². The normalized spacial score (nSPS) is 10.3. The zero-order chi connectivity index (χ0) is 12.8. The molecule has 5 nitrogen and oxygen atoms in total. The van der Waals surface area contributed by atoms with E-state index in [1.54, 1.807) is 13.2 Å². The Balaban J connectivity index is 3.11. The fourth-order valence-electron chi connectivity index (χ4n) is 1.16.